The van der Waals surface area contributed by atoms with Gasteiger partial charge in [0.05, 0.1) is 6.10 Å². The molecule has 1 aliphatic rings. The first kappa shape index (κ1) is 10.4. The molecule has 0 aliphatic carbocycles. The van der Waals surface area contributed by atoms with Gasteiger partial charge in [-0.3, -0.25) is 0 Å². The molecule has 1 atom stereocenters. The van der Waals surface area contributed by atoms with Crippen LogP contribution in [0.5, 0.6) is 0 Å². The lowest BCUT2D eigenvalue weighted by molar-refractivity contribution is 0.0821. The van der Waals surface area contributed by atoms with Crippen LogP contribution in [0.4, 0.5) is 5.13 Å². The van der Waals surface area contributed by atoms with Crippen LogP contribution >= 0.6 is 27.3 Å². The molecule has 3 nitrogen and oxygen atoms in total. The van der Waals surface area contributed by atoms with Crippen LogP contribution in [0.3, 0.4) is 0 Å². The molecule has 1 aromatic heterocycles. The predicted molar refractivity (Wildman–Crippen MR) is 62.1 cm³/mol. The zero-order valence-electron chi connectivity index (χ0n) is 8.07. The Labute approximate surface area is 96.2 Å². The summed E-state index contributed by atoms with van der Waals surface area (Å²) in [4.78, 5) is 6.71. The zero-order chi connectivity index (χ0) is 9.97. The summed E-state index contributed by atoms with van der Waals surface area (Å²) in [7, 11) is 0. The molecule has 78 valence electrons. The molecule has 1 aliphatic heterocycles. The second-order valence-electron chi connectivity index (χ2n) is 3.43. The number of hydrogen-bond donors (Lipinski definition) is 0. The summed E-state index contributed by atoms with van der Waals surface area (Å²) < 4.78 is 6.51. The maximum absolute atomic E-state index is 5.58. The van der Waals surface area contributed by atoms with Crippen molar-refractivity contribution in [2.75, 3.05) is 24.6 Å². The van der Waals surface area contributed by atoms with Gasteiger partial charge in [0.15, 0.2) is 5.13 Å². The topological polar surface area (TPSA) is 25.4 Å². The smallest absolute Gasteiger partial charge is 0.186 e. The molecule has 0 bridgehead atoms. The second-order valence-corrected chi connectivity index (χ2v) is 5.08. The van der Waals surface area contributed by atoms with Crippen LogP contribution in [-0.2, 0) is 4.74 Å². The maximum Gasteiger partial charge on any atom is 0.186 e. The van der Waals surface area contributed by atoms with Gasteiger partial charge in [-0.15, -0.1) is 11.3 Å². The standard InChI is InChI=1S/C9H13BrN2OS/c1-7-5-12(3-2-4-13-7)9-11-8(10)6-14-9/h6-7H,2-5H2,1H3. The molecular formula is C9H13BrN2OS. The van der Waals surface area contributed by atoms with E-state index in [1.165, 1.54) is 0 Å². The lowest BCUT2D eigenvalue weighted by Gasteiger charge is -2.20. The Kier molecular flexibility index (Phi) is 3.41. The van der Waals surface area contributed by atoms with E-state index in [0.29, 0.717) is 6.10 Å². The number of halogens is 1. The Bertz CT molecular complexity index is 305. The summed E-state index contributed by atoms with van der Waals surface area (Å²) in [6.07, 6.45) is 1.39. The quantitative estimate of drug-likeness (QED) is 0.788. The minimum Gasteiger partial charge on any atom is -0.377 e. The summed E-state index contributed by atoms with van der Waals surface area (Å²) >= 11 is 5.05. The number of anilines is 1. The highest BCUT2D eigenvalue weighted by Crippen LogP contribution is 2.25. The highest BCUT2D eigenvalue weighted by molar-refractivity contribution is 9.10. The van der Waals surface area contributed by atoms with Crippen molar-refractivity contribution in [2.45, 2.75) is 19.4 Å². The fourth-order valence-corrected chi connectivity index (χ4v) is 2.85. The van der Waals surface area contributed by atoms with E-state index in [0.717, 1.165) is 35.9 Å². The van der Waals surface area contributed by atoms with Gasteiger partial charge in [0.1, 0.15) is 4.60 Å². The van der Waals surface area contributed by atoms with Crippen LogP contribution in [0.1, 0.15) is 13.3 Å². The van der Waals surface area contributed by atoms with Crippen molar-refractivity contribution in [1.82, 2.24) is 4.98 Å². The van der Waals surface area contributed by atoms with Gasteiger partial charge < -0.3 is 9.64 Å². The molecule has 0 N–H and O–H groups in total. The van der Waals surface area contributed by atoms with E-state index in [1.807, 2.05) is 5.38 Å². The van der Waals surface area contributed by atoms with E-state index in [1.54, 1.807) is 11.3 Å². The highest BCUT2D eigenvalue weighted by Gasteiger charge is 2.17. The van der Waals surface area contributed by atoms with Crippen molar-refractivity contribution in [3.63, 3.8) is 0 Å². The van der Waals surface area contributed by atoms with Crippen molar-refractivity contribution >= 4 is 32.4 Å². The van der Waals surface area contributed by atoms with Crippen LogP contribution in [0.15, 0.2) is 9.98 Å². The molecule has 1 fully saturated rings. The summed E-state index contributed by atoms with van der Waals surface area (Å²) in [6.45, 7) is 4.97. The first-order valence-corrected chi connectivity index (χ1v) is 6.40. The maximum atomic E-state index is 5.58. The molecular weight excluding hydrogens is 264 g/mol. The van der Waals surface area contributed by atoms with Crippen LogP contribution in [-0.4, -0.2) is 30.8 Å². The fourth-order valence-electron chi connectivity index (χ4n) is 1.56. The molecule has 14 heavy (non-hydrogen) atoms. The second kappa shape index (κ2) is 4.59. The van der Waals surface area contributed by atoms with Crippen LogP contribution in [0.25, 0.3) is 0 Å². The SMILES string of the molecule is CC1CN(c2nc(Br)cs2)CCCO1. The summed E-state index contributed by atoms with van der Waals surface area (Å²) in [5.41, 5.74) is 0. The third-order valence-corrected chi connectivity index (χ3v) is 3.80. The Morgan fingerprint density at radius 2 is 2.57 bits per heavy atom. The van der Waals surface area contributed by atoms with Crippen molar-refractivity contribution in [3.8, 4) is 0 Å². The summed E-state index contributed by atoms with van der Waals surface area (Å²) in [5, 5.41) is 3.11. The lowest BCUT2D eigenvalue weighted by atomic mass is 10.4. The molecule has 2 heterocycles. The van der Waals surface area contributed by atoms with Crippen molar-refractivity contribution in [1.29, 1.82) is 0 Å². The van der Waals surface area contributed by atoms with Gasteiger partial charge in [0.2, 0.25) is 0 Å². The summed E-state index contributed by atoms with van der Waals surface area (Å²) in [6, 6.07) is 0. The molecule has 1 saturated heterocycles. The Hall–Kier alpha value is -0.130. The highest BCUT2D eigenvalue weighted by atomic mass is 79.9. The Balaban J connectivity index is 2.08. The van der Waals surface area contributed by atoms with E-state index in [4.69, 9.17) is 4.74 Å². The molecule has 1 aromatic rings. The molecule has 2 rings (SSSR count). The number of thiazole rings is 1. The number of aromatic nitrogens is 1. The van der Waals surface area contributed by atoms with Gasteiger partial charge in [-0.1, -0.05) is 0 Å². The minimum absolute atomic E-state index is 0.306. The van der Waals surface area contributed by atoms with Gasteiger partial charge in [0.25, 0.3) is 0 Å². The van der Waals surface area contributed by atoms with E-state index < -0.39 is 0 Å². The van der Waals surface area contributed by atoms with Crippen molar-refractivity contribution < 1.29 is 4.74 Å². The Morgan fingerprint density at radius 3 is 3.29 bits per heavy atom. The van der Waals surface area contributed by atoms with Crippen LogP contribution in [0, 0.1) is 0 Å². The monoisotopic (exact) mass is 276 g/mol. The van der Waals surface area contributed by atoms with Gasteiger partial charge in [-0.25, -0.2) is 4.98 Å². The number of nitrogens with zero attached hydrogens (tertiary/aromatic N) is 2. The molecule has 0 saturated carbocycles. The molecule has 0 amide bonds. The number of rotatable bonds is 1. The third-order valence-electron chi connectivity index (χ3n) is 2.19. The normalized spacial score (nSPS) is 23.6. The van der Waals surface area contributed by atoms with E-state index in [-0.39, 0.29) is 0 Å². The van der Waals surface area contributed by atoms with Gasteiger partial charge >= 0.3 is 0 Å². The molecule has 0 aromatic carbocycles. The molecule has 5 heteroatoms. The predicted octanol–water partition coefficient (Wildman–Crippen LogP) is 2.52. The van der Waals surface area contributed by atoms with Crippen molar-refractivity contribution in [3.05, 3.63) is 9.98 Å². The van der Waals surface area contributed by atoms with Crippen LogP contribution < -0.4 is 4.90 Å². The van der Waals surface area contributed by atoms with E-state index >= 15 is 0 Å². The third kappa shape index (κ3) is 2.46. The number of hydrogen-bond acceptors (Lipinski definition) is 4. The van der Waals surface area contributed by atoms with Crippen molar-refractivity contribution in [2.24, 2.45) is 0 Å². The minimum atomic E-state index is 0.306. The number of ether oxygens (including phenoxy) is 1. The fraction of sp³-hybridized carbons (Fsp3) is 0.667. The van der Waals surface area contributed by atoms with Gasteiger partial charge in [0, 0.05) is 25.1 Å². The zero-order valence-corrected chi connectivity index (χ0v) is 10.5. The van der Waals surface area contributed by atoms with Crippen LogP contribution in [0.2, 0.25) is 0 Å². The average Bonchev–Trinajstić information content (AvgIpc) is 2.45. The molecule has 1 unspecified atom stereocenters. The molecule has 0 radical (unpaired) electrons. The average molecular weight is 277 g/mol. The summed E-state index contributed by atoms with van der Waals surface area (Å²) in [5.74, 6) is 0. The van der Waals surface area contributed by atoms with Gasteiger partial charge in [-0.2, -0.15) is 0 Å². The first-order chi connectivity index (χ1) is 6.75. The molecule has 0 spiro atoms. The lowest BCUT2D eigenvalue weighted by Crippen LogP contribution is -2.29. The van der Waals surface area contributed by atoms with E-state index in [2.05, 4.69) is 32.7 Å². The Morgan fingerprint density at radius 1 is 1.71 bits per heavy atom. The van der Waals surface area contributed by atoms with Gasteiger partial charge in [-0.05, 0) is 29.3 Å². The largest absolute Gasteiger partial charge is 0.377 e. The van der Waals surface area contributed by atoms with E-state index in [9.17, 15) is 0 Å². The first-order valence-electron chi connectivity index (χ1n) is 4.73.